The second-order valence-corrected chi connectivity index (χ2v) is 6.73. The van der Waals surface area contributed by atoms with Crippen molar-refractivity contribution in [3.8, 4) is 11.8 Å². The van der Waals surface area contributed by atoms with Crippen LogP contribution in [0.5, 0.6) is 0 Å². The van der Waals surface area contributed by atoms with Gasteiger partial charge in [0.15, 0.2) is 5.69 Å². The van der Waals surface area contributed by atoms with Crippen molar-refractivity contribution in [3.63, 3.8) is 0 Å². The summed E-state index contributed by atoms with van der Waals surface area (Å²) in [5.41, 5.74) is 5.17. The molecule has 2 aromatic rings. The van der Waals surface area contributed by atoms with Crippen LogP contribution in [0.15, 0.2) is 10.7 Å². The number of hydrogen-bond donors (Lipinski definition) is 3. The Morgan fingerprint density at radius 1 is 1.36 bits per heavy atom. The molecule has 0 bridgehead atoms. The van der Waals surface area contributed by atoms with E-state index in [-0.39, 0.29) is 6.54 Å². The molecule has 1 amide bonds. The van der Waals surface area contributed by atoms with Gasteiger partial charge in [-0.05, 0) is 53.2 Å². The molecule has 0 unspecified atom stereocenters. The molecule has 7 heteroatoms. The smallest absolute Gasteiger partial charge is 0.262 e. The number of aryl methyl sites for hydroxylation is 1. The first-order chi connectivity index (χ1) is 12.0. The maximum atomic E-state index is 11.4. The zero-order chi connectivity index (χ0) is 18.4. The fraction of sp³-hybridized carbons (Fsp3) is 0.444. The van der Waals surface area contributed by atoms with Crippen molar-refractivity contribution in [1.29, 1.82) is 0 Å². The standard InChI is InChI=1S/C18H23BrN4O2/c1-4-5-6-7-8-9-15-18(20-10-16(24)22-25)23-11-14(19)12(2)13(3)17(23)21-15/h11,20,25H,4-7,10H2,1-3H3,(H,22,24). The number of amides is 1. The summed E-state index contributed by atoms with van der Waals surface area (Å²) >= 11 is 3.55. The number of anilines is 1. The third-order valence-corrected chi connectivity index (χ3v) is 4.86. The molecule has 2 heterocycles. The van der Waals surface area contributed by atoms with Gasteiger partial charge in [-0.2, -0.15) is 0 Å². The molecular weight excluding hydrogens is 384 g/mol. The van der Waals surface area contributed by atoms with Crippen LogP contribution < -0.4 is 10.8 Å². The molecule has 0 aromatic carbocycles. The number of fused-ring (bicyclic) bond motifs is 1. The number of unbranched alkanes of at least 4 members (excludes halogenated alkanes) is 3. The minimum Gasteiger partial charge on any atom is -0.360 e. The van der Waals surface area contributed by atoms with Crippen molar-refractivity contribution < 1.29 is 10.0 Å². The Morgan fingerprint density at radius 3 is 2.80 bits per heavy atom. The van der Waals surface area contributed by atoms with Crippen molar-refractivity contribution in [1.82, 2.24) is 14.9 Å². The van der Waals surface area contributed by atoms with E-state index in [1.54, 1.807) is 5.48 Å². The van der Waals surface area contributed by atoms with Crippen LogP contribution in [0.2, 0.25) is 0 Å². The maximum absolute atomic E-state index is 11.4. The Morgan fingerprint density at radius 2 is 2.12 bits per heavy atom. The quantitative estimate of drug-likeness (QED) is 0.296. The maximum Gasteiger partial charge on any atom is 0.262 e. The van der Waals surface area contributed by atoms with Crippen LogP contribution >= 0.6 is 15.9 Å². The van der Waals surface area contributed by atoms with Gasteiger partial charge in [-0.15, -0.1) is 0 Å². The second-order valence-electron chi connectivity index (χ2n) is 5.88. The Kier molecular flexibility index (Phi) is 6.85. The lowest BCUT2D eigenvalue weighted by Crippen LogP contribution is -2.27. The number of rotatable bonds is 6. The van der Waals surface area contributed by atoms with E-state index in [0.29, 0.717) is 11.5 Å². The molecule has 0 spiro atoms. The largest absolute Gasteiger partial charge is 0.360 e. The molecule has 0 aliphatic carbocycles. The Labute approximate surface area is 156 Å². The summed E-state index contributed by atoms with van der Waals surface area (Å²) in [4.78, 5) is 16.0. The molecule has 0 aliphatic rings. The van der Waals surface area contributed by atoms with Gasteiger partial charge in [-0.3, -0.25) is 14.4 Å². The SMILES string of the molecule is CCCCCC#Cc1nc2c(C)c(C)c(Br)cn2c1NCC(=O)NO. The topological polar surface area (TPSA) is 78.7 Å². The predicted octanol–water partition coefficient (Wildman–Crippen LogP) is 3.56. The molecular formula is C18H23BrN4O2. The zero-order valence-electron chi connectivity index (χ0n) is 14.7. The molecule has 0 saturated carbocycles. The first-order valence-electron chi connectivity index (χ1n) is 8.33. The fourth-order valence-corrected chi connectivity index (χ4v) is 2.95. The summed E-state index contributed by atoms with van der Waals surface area (Å²) in [6.07, 6.45) is 6.11. The van der Waals surface area contributed by atoms with Crippen LogP contribution in [0.1, 0.15) is 49.4 Å². The fourth-order valence-electron chi connectivity index (χ4n) is 2.45. The molecule has 0 radical (unpaired) electrons. The molecule has 0 saturated heterocycles. The summed E-state index contributed by atoms with van der Waals surface area (Å²) in [5.74, 6) is 6.39. The van der Waals surface area contributed by atoms with Gasteiger partial charge in [-0.25, -0.2) is 10.5 Å². The molecule has 0 aliphatic heterocycles. The van der Waals surface area contributed by atoms with Crippen LogP contribution in [-0.2, 0) is 4.79 Å². The van der Waals surface area contributed by atoms with Gasteiger partial charge in [0.05, 0.1) is 6.54 Å². The van der Waals surface area contributed by atoms with Gasteiger partial charge < -0.3 is 5.32 Å². The van der Waals surface area contributed by atoms with Gasteiger partial charge in [0.2, 0.25) is 0 Å². The number of aromatic nitrogens is 2. The first-order valence-corrected chi connectivity index (χ1v) is 9.12. The monoisotopic (exact) mass is 406 g/mol. The minimum absolute atomic E-state index is 0.0701. The van der Waals surface area contributed by atoms with Crippen LogP contribution in [0, 0.1) is 25.7 Å². The third kappa shape index (κ3) is 4.53. The first kappa shape index (κ1) is 19.3. The number of hydrogen-bond acceptors (Lipinski definition) is 4. The van der Waals surface area contributed by atoms with Gasteiger partial charge in [0.25, 0.3) is 5.91 Å². The average Bonchev–Trinajstić information content (AvgIpc) is 2.95. The van der Waals surface area contributed by atoms with Gasteiger partial charge in [0, 0.05) is 17.1 Å². The van der Waals surface area contributed by atoms with Crippen LogP contribution in [0.4, 0.5) is 5.82 Å². The summed E-state index contributed by atoms with van der Waals surface area (Å²) in [6, 6.07) is 0. The lowest BCUT2D eigenvalue weighted by atomic mass is 10.2. The molecule has 134 valence electrons. The number of nitrogens with one attached hydrogen (secondary N) is 2. The highest BCUT2D eigenvalue weighted by molar-refractivity contribution is 9.10. The van der Waals surface area contributed by atoms with E-state index in [9.17, 15) is 4.79 Å². The Balaban J connectivity index is 2.43. The normalized spacial score (nSPS) is 10.4. The van der Waals surface area contributed by atoms with Crippen molar-refractivity contribution in [2.24, 2.45) is 0 Å². The van der Waals surface area contributed by atoms with Crippen LogP contribution in [0.25, 0.3) is 5.65 Å². The molecule has 0 atom stereocenters. The van der Waals surface area contributed by atoms with Crippen molar-refractivity contribution >= 4 is 33.3 Å². The number of carbonyl (C=O) groups is 1. The van der Waals surface area contributed by atoms with Gasteiger partial charge in [-0.1, -0.05) is 25.7 Å². The van der Waals surface area contributed by atoms with E-state index in [0.717, 1.165) is 46.9 Å². The van der Waals surface area contributed by atoms with Gasteiger partial charge >= 0.3 is 0 Å². The van der Waals surface area contributed by atoms with Crippen molar-refractivity contribution in [2.75, 3.05) is 11.9 Å². The summed E-state index contributed by atoms with van der Waals surface area (Å²) in [7, 11) is 0. The van der Waals surface area contributed by atoms with Crippen molar-refractivity contribution in [2.45, 2.75) is 46.5 Å². The molecule has 25 heavy (non-hydrogen) atoms. The van der Waals surface area contributed by atoms with E-state index in [2.05, 4.69) is 45.0 Å². The predicted molar refractivity (Wildman–Crippen MR) is 102 cm³/mol. The molecule has 2 rings (SSSR count). The van der Waals surface area contributed by atoms with E-state index in [1.807, 2.05) is 24.4 Å². The van der Waals surface area contributed by atoms with Crippen molar-refractivity contribution in [3.05, 3.63) is 27.5 Å². The Hall–Kier alpha value is -2.04. The van der Waals surface area contributed by atoms with Crippen LogP contribution in [0.3, 0.4) is 0 Å². The molecule has 2 aromatic heterocycles. The lowest BCUT2D eigenvalue weighted by molar-refractivity contribution is -0.127. The average molecular weight is 407 g/mol. The van der Waals surface area contributed by atoms with Crippen LogP contribution in [-0.4, -0.2) is 27.0 Å². The zero-order valence-corrected chi connectivity index (χ0v) is 16.3. The molecule has 0 fully saturated rings. The molecule has 6 nitrogen and oxygen atoms in total. The highest BCUT2D eigenvalue weighted by Gasteiger charge is 2.15. The summed E-state index contributed by atoms with van der Waals surface area (Å²) in [5, 5.41) is 11.7. The third-order valence-electron chi connectivity index (χ3n) is 4.06. The van der Waals surface area contributed by atoms with E-state index < -0.39 is 5.91 Å². The van der Waals surface area contributed by atoms with Gasteiger partial charge in [0.1, 0.15) is 11.5 Å². The number of imidazole rings is 1. The number of halogens is 1. The lowest BCUT2D eigenvalue weighted by Gasteiger charge is -2.09. The number of hydroxylamine groups is 1. The van der Waals surface area contributed by atoms with E-state index in [4.69, 9.17) is 5.21 Å². The highest BCUT2D eigenvalue weighted by Crippen LogP contribution is 2.27. The highest BCUT2D eigenvalue weighted by atomic mass is 79.9. The number of carbonyl (C=O) groups excluding carboxylic acids is 1. The summed E-state index contributed by atoms with van der Waals surface area (Å²) < 4.78 is 2.83. The second kappa shape index (κ2) is 8.88. The number of nitrogens with zero attached hydrogens (tertiary/aromatic N) is 2. The van der Waals surface area contributed by atoms with E-state index in [1.165, 1.54) is 0 Å². The number of pyridine rings is 1. The minimum atomic E-state index is -0.528. The Bertz CT molecular complexity index is 833. The summed E-state index contributed by atoms with van der Waals surface area (Å²) in [6.45, 7) is 6.12. The van der Waals surface area contributed by atoms with E-state index >= 15 is 0 Å². The molecule has 3 N–H and O–H groups in total.